The molecule has 2 aliphatic heterocycles. The Morgan fingerprint density at radius 1 is 0.808 bits per heavy atom. The summed E-state index contributed by atoms with van der Waals surface area (Å²) in [6, 6.07) is -1.38. The Morgan fingerprint density at radius 3 is 1.92 bits per heavy atom. The first-order valence-corrected chi connectivity index (χ1v) is 8.04. The largest absolute Gasteiger partial charge is 0.390 e. The molecule has 1 saturated carbocycles. The molecule has 0 bridgehead atoms. The van der Waals surface area contributed by atoms with Crippen LogP contribution >= 0.6 is 24.8 Å². The lowest BCUT2D eigenvalue weighted by Gasteiger charge is -2.57. The number of hydrogen-bond donors (Lipinski definition) is 7. The molecule has 3 aliphatic rings. The summed E-state index contributed by atoms with van der Waals surface area (Å²) >= 11 is 0. The SMILES string of the molecule is CN[C@@H]1[C@H](O)[C@H](NC)[C@H]2O[C@]3(O)[C@H](O[C@@H]2[C@H]1O)O[C@H](C)[C@H](O)[C@@H]3O.Cl.Cl. The molecule has 10 nitrogen and oxygen atoms in total. The van der Waals surface area contributed by atoms with Gasteiger partial charge in [-0.15, -0.1) is 24.8 Å². The summed E-state index contributed by atoms with van der Waals surface area (Å²) in [7, 11) is 3.20. The first-order chi connectivity index (χ1) is 11.3. The molecule has 0 aromatic heterocycles. The molecule has 12 heteroatoms. The molecule has 1 aliphatic carbocycles. The molecule has 11 atom stereocenters. The number of halogens is 2. The van der Waals surface area contributed by atoms with Crippen LogP contribution < -0.4 is 10.6 Å². The molecule has 156 valence electrons. The van der Waals surface area contributed by atoms with Gasteiger partial charge in [0.2, 0.25) is 12.1 Å². The van der Waals surface area contributed by atoms with Gasteiger partial charge in [0.05, 0.1) is 24.3 Å². The van der Waals surface area contributed by atoms with Crippen LogP contribution in [0.15, 0.2) is 0 Å². The topological polar surface area (TPSA) is 153 Å². The summed E-state index contributed by atoms with van der Waals surface area (Å²) < 4.78 is 16.8. The lowest BCUT2D eigenvalue weighted by molar-refractivity contribution is -0.473. The average molecular weight is 423 g/mol. The monoisotopic (exact) mass is 422 g/mol. The van der Waals surface area contributed by atoms with Gasteiger partial charge in [-0.3, -0.25) is 0 Å². The van der Waals surface area contributed by atoms with E-state index in [1.807, 2.05) is 0 Å². The molecule has 0 unspecified atom stereocenters. The fourth-order valence-corrected chi connectivity index (χ4v) is 3.83. The number of fused-ring (bicyclic) bond motifs is 2. The highest BCUT2D eigenvalue weighted by atomic mass is 35.5. The van der Waals surface area contributed by atoms with E-state index in [1.54, 1.807) is 14.1 Å². The van der Waals surface area contributed by atoms with Gasteiger partial charge in [-0.2, -0.15) is 0 Å². The van der Waals surface area contributed by atoms with Crippen molar-refractivity contribution in [1.82, 2.24) is 10.6 Å². The van der Waals surface area contributed by atoms with Crippen molar-refractivity contribution in [3.05, 3.63) is 0 Å². The smallest absolute Gasteiger partial charge is 0.248 e. The zero-order valence-corrected chi connectivity index (χ0v) is 16.2. The van der Waals surface area contributed by atoms with E-state index in [4.69, 9.17) is 14.2 Å². The number of rotatable bonds is 2. The Morgan fingerprint density at radius 2 is 1.38 bits per heavy atom. The third-order valence-corrected chi connectivity index (χ3v) is 5.29. The number of aliphatic hydroxyl groups is 5. The minimum absolute atomic E-state index is 0. The second-order valence-electron chi connectivity index (χ2n) is 6.65. The van der Waals surface area contributed by atoms with E-state index in [-0.39, 0.29) is 24.8 Å². The number of hydrogen-bond acceptors (Lipinski definition) is 10. The van der Waals surface area contributed by atoms with E-state index in [9.17, 15) is 25.5 Å². The van der Waals surface area contributed by atoms with Crippen molar-refractivity contribution in [3.63, 3.8) is 0 Å². The first-order valence-electron chi connectivity index (χ1n) is 8.04. The molecule has 0 spiro atoms. The van der Waals surface area contributed by atoms with Crippen molar-refractivity contribution in [1.29, 1.82) is 0 Å². The Bertz CT molecular complexity index is 480. The molecule has 0 radical (unpaired) electrons. The molecule has 2 saturated heterocycles. The Labute approximate surface area is 163 Å². The Kier molecular flexibility index (Phi) is 8.09. The van der Waals surface area contributed by atoms with E-state index in [2.05, 4.69) is 10.6 Å². The van der Waals surface area contributed by atoms with E-state index in [0.717, 1.165) is 0 Å². The van der Waals surface area contributed by atoms with Gasteiger partial charge < -0.3 is 50.4 Å². The summed E-state index contributed by atoms with van der Waals surface area (Å²) in [5.74, 6) is -2.31. The standard InChI is InChI=1S/C14H26N2O8.2ClH/c1-4-7(17)12(20)14(21)13(22-4)23-11-9(19)5(15-2)8(18)6(16-3)10(11)24-14;;/h4-13,15-21H,1-3H3;2*1H/t4-,5-,6+,7+,8+,9+,10-,11-,12+,13+,14+;;/m1../s1. The molecule has 3 fully saturated rings. The zero-order chi connectivity index (χ0) is 17.8. The van der Waals surface area contributed by atoms with Crippen molar-refractivity contribution in [3.8, 4) is 0 Å². The number of aliphatic hydroxyl groups excluding tert-OH is 4. The zero-order valence-electron chi connectivity index (χ0n) is 14.6. The molecule has 0 aromatic rings. The predicted molar refractivity (Wildman–Crippen MR) is 93.2 cm³/mol. The van der Waals surface area contributed by atoms with Crippen LogP contribution in [0.3, 0.4) is 0 Å². The molecule has 7 N–H and O–H groups in total. The van der Waals surface area contributed by atoms with Gasteiger partial charge >= 0.3 is 0 Å². The van der Waals surface area contributed by atoms with Crippen LogP contribution in [0.25, 0.3) is 0 Å². The van der Waals surface area contributed by atoms with Gasteiger partial charge in [0.25, 0.3) is 0 Å². The van der Waals surface area contributed by atoms with Gasteiger partial charge in [0.1, 0.15) is 30.5 Å². The Hall–Kier alpha value is 0.180. The van der Waals surface area contributed by atoms with E-state index >= 15 is 0 Å². The van der Waals surface area contributed by atoms with Crippen LogP contribution in [0.5, 0.6) is 0 Å². The minimum Gasteiger partial charge on any atom is -0.390 e. The number of nitrogens with one attached hydrogen (secondary N) is 2. The van der Waals surface area contributed by atoms with Gasteiger partial charge in [0.15, 0.2) is 0 Å². The highest BCUT2D eigenvalue weighted by molar-refractivity contribution is 5.85. The van der Waals surface area contributed by atoms with Crippen molar-refractivity contribution in [2.24, 2.45) is 0 Å². The fraction of sp³-hybridized carbons (Fsp3) is 1.00. The third-order valence-electron chi connectivity index (χ3n) is 5.29. The van der Waals surface area contributed by atoms with Crippen molar-refractivity contribution >= 4 is 24.8 Å². The normalized spacial score (nSPS) is 53.5. The summed E-state index contributed by atoms with van der Waals surface area (Å²) in [6.45, 7) is 1.52. The summed E-state index contributed by atoms with van der Waals surface area (Å²) in [5, 5.41) is 57.6. The Balaban J connectivity index is 0.00000169. The maximum Gasteiger partial charge on any atom is 0.248 e. The molecule has 2 heterocycles. The van der Waals surface area contributed by atoms with Crippen molar-refractivity contribution < 1.29 is 39.7 Å². The van der Waals surface area contributed by atoms with Crippen LogP contribution in [-0.4, -0.2) is 107 Å². The van der Waals surface area contributed by atoms with Crippen LogP contribution in [0.4, 0.5) is 0 Å². The second-order valence-corrected chi connectivity index (χ2v) is 6.65. The van der Waals surface area contributed by atoms with Gasteiger partial charge in [0, 0.05) is 0 Å². The fourth-order valence-electron chi connectivity index (χ4n) is 3.83. The lowest BCUT2D eigenvalue weighted by atomic mass is 9.79. The van der Waals surface area contributed by atoms with Crippen LogP contribution in [-0.2, 0) is 14.2 Å². The van der Waals surface area contributed by atoms with Crippen LogP contribution in [0.2, 0.25) is 0 Å². The van der Waals surface area contributed by atoms with E-state index < -0.39 is 66.9 Å². The second kappa shape index (κ2) is 8.68. The molecule has 26 heavy (non-hydrogen) atoms. The summed E-state index contributed by atoms with van der Waals surface area (Å²) in [6.07, 6.45) is -9.27. The minimum atomic E-state index is -2.31. The molecular weight excluding hydrogens is 395 g/mol. The van der Waals surface area contributed by atoms with Gasteiger partial charge in [-0.05, 0) is 21.0 Å². The van der Waals surface area contributed by atoms with E-state index in [1.165, 1.54) is 6.92 Å². The maximum atomic E-state index is 10.7. The average Bonchev–Trinajstić information content (AvgIpc) is 2.54. The molecule has 3 rings (SSSR count). The van der Waals surface area contributed by atoms with Crippen molar-refractivity contribution in [2.45, 2.75) is 73.8 Å². The quantitative estimate of drug-likeness (QED) is 0.240. The summed E-state index contributed by atoms with van der Waals surface area (Å²) in [4.78, 5) is 0. The van der Waals surface area contributed by atoms with Crippen LogP contribution in [0, 0.1) is 0 Å². The molecule has 0 amide bonds. The van der Waals surface area contributed by atoms with Crippen molar-refractivity contribution in [2.75, 3.05) is 14.1 Å². The van der Waals surface area contributed by atoms with Gasteiger partial charge in [-0.1, -0.05) is 0 Å². The third kappa shape index (κ3) is 3.47. The number of likely N-dealkylation sites (N-methyl/N-ethyl adjacent to an activating group) is 2. The molecular formula is C14H28Cl2N2O8. The number of ether oxygens (including phenoxy) is 3. The summed E-state index contributed by atoms with van der Waals surface area (Å²) in [5.41, 5.74) is 0. The van der Waals surface area contributed by atoms with Crippen LogP contribution in [0.1, 0.15) is 6.92 Å². The highest BCUT2D eigenvalue weighted by Gasteiger charge is 2.65. The lowest BCUT2D eigenvalue weighted by Crippen LogP contribution is -2.79. The van der Waals surface area contributed by atoms with Gasteiger partial charge in [-0.25, -0.2) is 0 Å². The molecule has 0 aromatic carbocycles. The maximum absolute atomic E-state index is 10.7. The van der Waals surface area contributed by atoms with E-state index in [0.29, 0.717) is 0 Å². The highest BCUT2D eigenvalue weighted by Crippen LogP contribution is 2.41. The predicted octanol–water partition coefficient (Wildman–Crippen LogP) is -3.32. The first kappa shape index (κ1) is 24.2.